The van der Waals surface area contributed by atoms with E-state index in [4.69, 9.17) is 14.5 Å². The molecule has 2 aromatic heterocycles. The van der Waals surface area contributed by atoms with E-state index >= 15 is 0 Å². The number of aryl methyl sites for hydroxylation is 1. The average Bonchev–Trinajstić information content (AvgIpc) is 3.38. The predicted molar refractivity (Wildman–Crippen MR) is 151 cm³/mol. The number of hydrogen-bond donors (Lipinski definition) is 0. The van der Waals surface area contributed by atoms with E-state index in [1.54, 1.807) is 36.5 Å². The fourth-order valence-electron chi connectivity index (χ4n) is 4.68. The second kappa shape index (κ2) is 11.0. The smallest absolute Gasteiger partial charge is 0.260 e. The minimum Gasteiger partial charge on any atom is -0.494 e. The molecule has 1 fully saturated rings. The maximum atomic E-state index is 13.9. The van der Waals surface area contributed by atoms with Gasteiger partial charge in [-0.3, -0.25) is 14.7 Å². The molecule has 5 rings (SSSR count). The van der Waals surface area contributed by atoms with Gasteiger partial charge in [-0.2, -0.15) is 4.31 Å². The van der Waals surface area contributed by atoms with E-state index < -0.39 is 10.0 Å². The molecule has 9 nitrogen and oxygen atoms in total. The average molecular weight is 567 g/mol. The topological polar surface area (TPSA) is 102 Å². The Balaban J connectivity index is 1.49. The Morgan fingerprint density at radius 3 is 2.49 bits per heavy atom. The van der Waals surface area contributed by atoms with E-state index in [1.807, 2.05) is 45.0 Å². The molecule has 39 heavy (non-hydrogen) atoms. The zero-order valence-corrected chi connectivity index (χ0v) is 23.8. The number of ether oxygens (including phenoxy) is 2. The number of hydrogen-bond acceptors (Lipinski definition) is 8. The predicted octanol–water partition coefficient (Wildman–Crippen LogP) is 4.65. The van der Waals surface area contributed by atoms with Crippen LogP contribution in [0, 0.1) is 6.92 Å². The molecule has 11 heteroatoms. The van der Waals surface area contributed by atoms with E-state index in [9.17, 15) is 13.2 Å². The highest BCUT2D eigenvalue weighted by atomic mass is 32.2. The van der Waals surface area contributed by atoms with Crippen LogP contribution < -0.4 is 9.64 Å². The van der Waals surface area contributed by atoms with E-state index in [0.29, 0.717) is 22.0 Å². The summed E-state index contributed by atoms with van der Waals surface area (Å²) in [5.41, 5.74) is 2.91. The summed E-state index contributed by atoms with van der Waals surface area (Å²) in [6.07, 6.45) is 3.00. The third-order valence-electron chi connectivity index (χ3n) is 6.58. The molecule has 3 heterocycles. The summed E-state index contributed by atoms with van der Waals surface area (Å²) in [6.45, 7) is 6.52. The number of amides is 1. The van der Waals surface area contributed by atoms with Crippen LogP contribution in [0.3, 0.4) is 0 Å². The monoisotopic (exact) mass is 566 g/mol. The summed E-state index contributed by atoms with van der Waals surface area (Å²) in [5, 5.41) is 0.513. The first kappa shape index (κ1) is 27.2. The molecular weight excluding hydrogens is 536 g/mol. The molecule has 4 aromatic rings. The maximum absolute atomic E-state index is 13.9. The summed E-state index contributed by atoms with van der Waals surface area (Å²) in [7, 11) is -2.13. The van der Waals surface area contributed by atoms with Crippen LogP contribution in [-0.2, 0) is 21.3 Å². The third-order valence-corrected chi connectivity index (χ3v) is 9.64. The van der Waals surface area contributed by atoms with Crippen LogP contribution in [0.1, 0.15) is 35.3 Å². The molecule has 2 atom stereocenters. The molecule has 0 aliphatic carbocycles. The molecule has 0 saturated carbocycles. The van der Waals surface area contributed by atoms with Gasteiger partial charge in [0.15, 0.2) is 5.13 Å². The molecule has 2 aromatic carbocycles. The highest BCUT2D eigenvalue weighted by Crippen LogP contribution is 2.37. The summed E-state index contributed by atoms with van der Waals surface area (Å²) < 4.78 is 40.2. The molecule has 0 bridgehead atoms. The van der Waals surface area contributed by atoms with Crippen LogP contribution in [0.25, 0.3) is 10.2 Å². The fraction of sp³-hybridized carbons (Fsp3) is 0.321. The molecule has 204 valence electrons. The lowest BCUT2D eigenvalue weighted by Gasteiger charge is -2.34. The molecule has 0 N–H and O–H groups in total. The van der Waals surface area contributed by atoms with Gasteiger partial charge >= 0.3 is 0 Å². The van der Waals surface area contributed by atoms with Gasteiger partial charge in [0, 0.05) is 31.0 Å². The Morgan fingerprint density at radius 2 is 1.85 bits per heavy atom. The molecular formula is C28H30N4O5S2. The number of carbonyl (C=O) groups excluding carboxylic acids is 1. The van der Waals surface area contributed by atoms with Crippen molar-refractivity contribution in [1.29, 1.82) is 0 Å². The van der Waals surface area contributed by atoms with Crippen molar-refractivity contribution in [1.82, 2.24) is 14.3 Å². The summed E-state index contributed by atoms with van der Waals surface area (Å²) in [6, 6.07) is 13.6. The van der Waals surface area contributed by atoms with Gasteiger partial charge in [0.25, 0.3) is 5.91 Å². The van der Waals surface area contributed by atoms with Crippen LogP contribution in [-0.4, -0.2) is 61.0 Å². The Labute approximate surface area is 232 Å². The number of aromatic nitrogens is 2. The number of benzene rings is 2. The lowest BCUT2D eigenvalue weighted by molar-refractivity contribution is -0.0440. The van der Waals surface area contributed by atoms with Crippen LogP contribution in [0.5, 0.6) is 5.75 Å². The van der Waals surface area contributed by atoms with Crippen molar-refractivity contribution in [3.05, 3.63) is 77.6 Å². The largest absolute Gasteiger partial charge is 0.494 e. The first-order chi connectivity index (χ1) is 18.7. The second-order valence-corrected chi connectivity index (χ2v) is 12.5. The number of pyridine rings is 1. The fourth-order valence-corrected chi connectivity index (χ4v) is 7.32. The number of rotatable bonds is 7. The van der Waals surface area contributed by atoms with Gasteiger partial charge in [0.05, 0.1) is 35.5 Å². The lowest BCUT2D eigenvalue weighted by atomic mass is 10.2. The van der Waals surface area contributed by atoms with E-state index in [2.05, 4.69) is 4.98 Å². The van der Waals surface area contributed by atoms with Gasteiger partial charge in [-0.15, -0.1) is 0 Å². The first-order valence-corrected chi connectivity index (χ1v) is 14.8. The Hall–Kier alpha value is -3.38. The number of sulfonamides is 1. The Kier molecular flexibility index (Phi) is 7.68. The molecule has 2 unspecified atom stereocenters. The lowest BCUT2D eigenvalue weighted by Crippen LogP contribution is -2.48. The number of fused-ring (bicyclic) bond motifs is 1. The van der Waals surface area contributed by atoms with Crippen molar-refractivity contribution in [3.8, 4) is 5.75 Å². The maximum Gasteiger partial charge on any atom is 0.260 e. The van der Waals surface area contributed by atoms with Crippen molar-refractivity contribution in [3.63, 3.8) is 0 Å². The van der Waals surface area contributed by atoms with Gasteiger partial charge in [-0.1, -0.05) is 23.5 Å². The van der Waals surface area contributed by atoms with E-state index in [0.717, 1.165) is 15.8 Å². The van der Waals surface area contributed by atoms with Crippen LogP contribution in [0.2, 0.25) is 0 Å². The highest BCUT2D eigenvalue weighted by molar-refractivity contribution is 7.89. The number of carbonyl (C=O) groups is 1. The molecule has 1 saturated heterocycles. The van der Waals surface area contributed by atoms with Crippen molar-refractivity contribution in [2.24, 2.45) is 0 Å². The zero-order chi connectivity index (χ0) is 27.7. The number of morpholine rings is 1. The van der Waals surface area contributed by atoms with Crippen LogP contribution in [0.15, 0.2) is 65.8 Å². The molecule has 1 aliphatic heterocycles. The van der Waals surface area contributed by atoms with Crippen LogP contribution >= 0.6 is 11.3 Å². The first-order valence-electron chi connectivity index (χ1n) is 12.6. The van der Waals surface area contributed by atoms with Crippen molar-refractivity contribution in [2.45, 2.75) is 44.4 Å². The minimum atomic E-state index is -3.73. The van der Waals surface area contributed by atoms with Gasteiger partial charge in [0.1, 0.15) is 11.3 Å². The van der Waals surface area contributed by atoms with Crippen molar-refractivity contribution in [2.75, 3.05) is 25.1 Å². The minimum absolute atomic E-state index is 0.138. The summed E-state index contributed by atoms with van der Waals surface area (Å²) >= 11 is 1.41. The molecule has 1 amide bonds. The Bertz CT molecular complexity index is 1580. The summed E-state index contributed by atoms with van der Waals surface area (Å²) in [4.78, 5) is 24.6. The van der Waals surface area contributed by atoms with E-state index in [1.165, 1.54) is 27.8 Å². The number of nitrogens with zero attached hydrogens (tertiary/aromatic N) is 4. The SMILES string of the molecule is COc1ccc(C)c2sc(N(Cc3cccnc3)C(=O)c3ccc(S(=O)(=O)N4CC(C)OC(C)C4)cc3)nc12. The third kappa shape index (κ3) is 5.53. The standard InChI is InChI=1S/C28H30N4O5S2/c1-18-7-12-24(36-4)25-26(18)38-28(30-25)32(17-21-6-5-13-29-14-21)27(33)22-8-10-23(11-9-22)39(34,35)31-15-19(2)37-20(3)16-31/h5-14,19-20H,15-17H2,1-4H3. The molecule has 1 aliphatic rings. The highest BCUT2D eigenvalue weighted by Gasteiger charge is 2.32. The molecule has 0 radical (unpaired) electrons. The number of thiazole rings is 1. The zero-order valence-electron chi connectivity index (χ0n) is 22.2. The van der Waals surface area contributed by atoms with Gasteiger partial charge in [-0.25, -0.2) is 13.4 Å². The van der Waals surface area contributed by atoms with Gasteiger partial charge in [-0.05, 0) is 68.3 Å². The van der Waals surface area contributed by atoms with Crippen molar-refractivity contribution >= 4 is 42.6 Å². The van der Waals surface area contributed by atoms with Crippen LogP contribution in [0.4, 0.5) is 5.13 Å². The normalized spacial score (nSPS) is 18.3. The molecule has 0 spiro atoms. The Morgan fingerprint density at radius 1 is 1.13 bits per heavy atom. The van der Waals surface area contributed by atoms with Crippen molar-refractivity contribution < 1.29 is 22.7 Å². The van der Waals surface area contributed by atoms with Gasteiger partial charge in [0.2, 0.25) is 10.0 Å². The number of methoxy groups -OCH3 is 1. The van der Waals surface area contributed by atoms with E-state index in [-0.39, 0.29) is 42.6 Å². The van der Waals surface area contributed by atoms with Gasteiger partial charge < -0.3 is 9.47 Å². The quantitative estimate of drug-likeness (QED) is 0.321. The number of anilines is 1. The summed E-state index contributed by atoms with van der Waals surface area (Å²) in [5.74, 6) is 0.334. The second-order valence-electron chi connectivity index (χ2n) is 9.62.